The van der Waals surface area contributed by atoms with Crippen LogP contribution in [0.4, 0.5) is 0 Å². The van der Waals surface area contributed by atoms with Gasteiger partial charge in [0.25, 0.3) is 0 Å². The molecule has 0 radical (unpaired) electrons. The minimum Gasteiger partial charge on any atom is -0.507 e. The Labute approximate surface area is 123 Å². The summed E-state index contributed by atoms with van der Waals surface area (Å²) in [6.45, 7) is 13.8. The Morgan fingerprint density at radius 1 is 1.05 bits per heavy atom. The second kappa shape index (κ2) is 5.07. The number of phenolic OH excluding ortho intramolecular Hbond substituents is 1. The predicted octanol–water partition coefficient (Wildman–Crippen LogP) is 4.32. The molecule has 1 aromatic rings. The molecule has 2 heteroatoms. The molecule has 1 aromatic carbocycles. The summed E-state index contributed by atoms with van der Waals surface area (Å²) in [6, 6.07) is 4.35. The molecule has 0 saturated carbocycles. The topological polar surface area (TPSA) is 32.8 Å². The van der Waals surface area contributed by atoms with E-state index in [0.29, 0.717) is 11.9 Å². The molecule has 112 valence electrons. The predicted molar refractivity (Wildman–Crippen MR) is 83.6 cm³/mol. The van der Waals surface area contributed by atoms with Crippen molar-refractivity contribution in [3.05, 3.63) is 28.8 Å². The van der Waals surface area contributed by atoms with Crippen LogP contribution in [0.3, 0.4) is 0 Å². The standard InChI is InChI=1S/C18H28O2/c1-17(2,3)14-9-12(7-8-13-11-20-13)10-15(16(14)19)18(4,5)6/h9-10,13,19H,7-8,11H2,1-6H3. The van der Waals surface area contributed by atoms with Crippen molar-refractivity contribution in [3.8, 4) is 5.75 Å². The molecule has 2 nitrogen and oxygen atoms in total. The van der Waals surface area contributed by atoms with E-state index >= 15 is 0 Å². The second-order valence-corrected chi connectivity index (χ2v) is 8.03. The third-order valence-corrected chi connectivity index (χ3v) is 3.94. The van der Waals surface area contributed by atoms with Gasteiger partial charge in [0.15, 0.2) is 0 Å². The van der Waals surface area contributed by atoms with E-state index in [1.165, 1.54) is 5.56 Å². The Balaban J connectivity index is 2.41. The van der Waals surface area contributed by atoms with Crippen LogP contribution in [0.5, 0.6) is 5.75 Å². The molecular formula is C18H28O2. The lowest BCUT2D eigenvalue weighted by molar-refractivity contribution is 0.396. The summed E-state index contributed by atoms with van der Waals surface area (Å²) in [5.41, 5.74) is 3.33. The Bertz CT molecular complexity index is 450. The lowest BCUT2D eigenvalue weighted by Gasteiger charge is -2.28. The Hall–Kier alpha value is -1.02. The summed E-state index contributed by atoms with van der Waals surface area (Å²) in [6.07, 6.45) is 2.56. The number of aryl methyl sites for hydroxylation is 1. The largest absolute Gasteiger partial charge is 0.507 e. The maximum atomic E-state index is 10.6. The fourth-order valence-electron chi connectivity index (χ4n) is 2.54. The molecule has 1 N–H and O–H groups in total. The average Bonchev–Trinajstić information content (AvgIpc) is 3.08. The summed E-state index contributed by atoms with van der Waals surface area (Å²) in [5.74, 6) is 0.469. The van der Waals surface area contributed by atoms with Gasteiger partial charge in [0.1, 0.15) is 5.75 Å². The van der Waals surface area contributed by atoms with Crippen LogP contribution in [0.25, 0.3) is 0 Å². The quantitative estimate of drug-likeness (QED) is 0.834. The molecular weight excluding hydrogens is 248 g/mol. The Kier molecular flexibility index (Phi) is 3.90. The first-order valence-corrected chi connectivity index (χ1v) is 7.57. The maximum Gasteiger partial charge on any atom is 0.123 e. The fraction of sp³-hybridized carbons (Fsp3) is 0.667. The van der Waals surface area contributed by atoms with Gasteiger partial charge in [0.2, 0.25) is 0 Å². The molecule has 0 aromatic heterocycles. The van der Waals surface area contributed by atoms with Crippen LogP contribution in [-0.4, -0.2) is 17.8 Å². The lowest BCUT2D eigenvalue weighted by atomic mass is 9.78. The van der Waals surface area contributed by atoms with E-state index in [-0.39, 0.29) is 10.8 Å². The first kappa shape index (κ1) is 15.4. The lowest BCUT2D eigenvalue weighted by Crippen LogP contribution is -2.18. The van der Waals surface area contributed by atoms with Crippen LogP contribution >= 0.6 is 0 Å². The molecule has 1 saturated heterocycles. The third kappa shape index (κ3) is 3.54. The number of phenols is 1. The van der Waals surface area contributed by atoms with Crippen molar-refractivity contribution in [2.45, 2.75) is 71.3 Å². The number of ether oxygens (including phenoxy) is 1. The highest BCUT2D eigenvalue weighted by Gasteiger charge is 2.27. The number of rotatable bonds is 3. The highest BCUT2D eigenvalue weighted by molar-refractivity contribution is 5.49. The molecule has 20 heavy (non-hydrogen) atoms. The van der Waals surface area contributed by atoms with Crippen molar-refractivity contribution >= 4 is 0 Å². The zero-order valence-electron chi connectivity index (χ0n) is 13.7. The van der Waals surface area contributed by atoms with Gasteiger partial charge in [0, 0.05) is 0 Å². The third-order valence-electron chi connectivity index (χ3n) is 3.94. The van der Waals surface area contributed by atoms with Crippen molar-refractivity contribution in [3.63, 3.8) is 0 Å². The summed E-state index contributed by atoms with van der Waals surface area (Å²) >= 11 is 0. The van der Waals surface area contributed by atoms with Gasteiger partial charge in [-0.1, -0.05) is 53.7 Å². The van der Waals surface area contributed by atoms with Crippen molar-refractivity contribution < 1.29 is 9.84 Å². The highest BCUT2D eigenvalue weighted by Crippen LogP contribution is 2.40. The van der Waals surface area contributed by atoms with Crippen LogP contribution in [0.2, 0.25) is 0 Å². The molecule has 1 atom stereocenters. The normalized spacial score (nSPS) is 19.2. The van der Waals surface area contributed by atoms with Crippen LogP contribution < -0.4 is 0 Å². The molecule has 1 unspecified atom stereocenters. The number of benzene rings is 1. The molecule has 0 spiro atoms. The smallest absolute Gasteiger partial charge is 0.123 e. The van der Waals surface area contributed by atoms with E-state index in [0.717, 1.165) is 30.6 Å². The van der Waals surface area contributed by atoms with E-state index in [1.54, 1.807) is 0 Å². The van der Waals surface area contributed by atoms with Crippen LogP contribution in [-0.2, 0) is 22.0 Å². The summed E-state index contributed by atoms with van der Waals surface area (Å²) in [4.78, 5) is 0. The van der Waals surface area contributed by atoms with Crippen molar-refractivity contribution in [1.29, 1.82) is 0 Å². The second-order valence-electron chi connectivity index (χ2n) is 8.03. The average molecular weight is 276 g/mol. The van der Waals surface area contributed by atoms with Crippen molar-refractivity contribution in [2.24, 2.45) is 0 Å². The fourth-order valence-corrected chi connectivity index (χ4v) is 2.54. The molecule has 1 fully saturated rings. The van der Waals surface area contributed by atoms with Crippen LogP contribution in [0.15, 0.2) is 12.1 Å². The number of epoxide rings is 1. The molecule has 1 aliphatic heterocycles. The highest BCUT2D eigenvalue weighted by atomic mass is 16.6. The van der Waals surface area contributed by atoms with Crippen molar-refractivity contribution in [1.82, 2.24) is 0 Å². The molecule has 1 heterocycles. The van der Waals surface area contributed by atoms with Gasteiger partial charge in [-0.05, 0) is 40.4 Å². The van der Waals surface area contributed by atoms with E-state index in [9.17, 15) is 5.11 Å². The zero-order valence-corrected chi connectivity index (χ0v) is 13.7. The monoisotopic (exact) mass is 276 g/mol. The number of hydrogen-bond donors (Lipinski definition) is 1. The summed E-state index contributed by atoms with van der Waals surface area (Å²) in [7, 11) is 0. The number of hydrogen-bond acceptors (Lipinski definition) is 2. The van der Waals surface area contributed by atoms with Gasteiger partial charge < -0.3 is 9.84 Å². The van der Waals surface area contributed by atoms with Gasteiger partial charge in [-0.3, -0.25) is 0 Å². The Morgan fingerprint density at radius 3 is 1.85 bits per heavy atom. The van der Waals surface area contributed by atoms with Crippen LogP contribution in [0, 0.1) is 0 Å². The van der Waals surface area contributed by atoms with Gasteiger partial charge in [-0.15, -0.1) is 0 Å². The number of aromatic hydroxyl groups is 1. The molecule has 0 amide bonds. The van der Waals surface area contributed by atoms with Gasteiger partial charge in [-0.2, -0.15) is 0 Å². The molecule has 0 aliphatic carbocycles. The summed E-state index contributed by atoms with van der Waals surface area (Å²) < 4.78 is 5.30. The van der Waals surface area contributed by atoms with E-state index in [1.807, 2.05) is 0 Å². The van der Waals surface area contributed by atoms with Crippen LogP contribution in [0.1, 0.15) is 64.7 Å². The van der Waals surface area contributed by atoms with Gasteiger partial charge >= 0.3 is 0 Å². The van der Waals surface area contributed by atoms with E-state index in [2.05, 4.69) is 53.7 Å². The minimum absolute atomic E-state index is 0.0455. The van der Waals surface area contributed by atoms with Gasteiger partial charge in [0.05, 0.1) is 12.7 Å². The first-order valence-electron chi connectivity index (χ1n) is 7.57. The molecule has 0 bridgehead atoms. The first-order chi connectivity index (χ1) is 9.09. The summed E-state index contributed by atoms with van der Waals surface area (Å²) in [5, 5.41) is 10.6. The van der Waals surface area contributed by atoms with Crippen molar-refractivity contribution in [2.75, 3.05) is 6.61 Å². The maximum absolute atomic E-state index is 10.6. The van der Waals surface area contributed by atoms with Gasteiger partial charge in [-0.25, -0.2) is 0 Å². The minimum atomic E-state index is -0.0455. The zero-order chi connectivity index (χ0) is 15.1. The van der Waals surface area contributed by atoms with E-state index in [4.69, 9.17) is 4.74 Å². The van der Waals surface area contributed by atoms with E-state index < -0.39 is 0 Å². The molecule has 1 aliphatic rings. The SMILES string of the molecule is CC(C)(C)c1cc(CCC2CO2)cc(C(C)(C)C)c1O. The molecule has 2 rings (SSSR count). The Morgan fingerprint density at radius 2 is 1.50 bits per heavy atom.